The van der Waals surface area contributed by atoms with E-state index in [-0.39, 0.29) is 11.9 Å². The monoisotopic (exact) mass is 314 g/mol. The summed E-state index contributed by atoms with van der Waals surface area (Å²) in [5, 5.41) is 0.727. The highest BCUT2D eigenvalue weighted by molar-refractivity contribution is 6.30. The third-order valence-electron chi connectivity index (χ3n) is 4.16. The van der Waals surface area contributed by atoms with Crippen molar-refractivity contribution in [2.75, 3.05) is 6.54 Å². The van der Waals surface area contributed by atoms with Gasteiger partial charge in [0.15, 0.2) is 0 Å². The second-order valence-electron chi connectivity index (χ2n) is 5.78. The van der Waals surface area contributed by atoms with Crippen LogP contribution in [0.4, 0.5) is 0 Å². The van der Waals surface area contributed by atoms with Crippen molar-refractivity contribution in [2.45, 2.75) is 32.2 Å². The summed E-state index contributed by atoms with van der Waals surface area (Å²) in [6, 6.07) is 11.9. The van der Waals surface area contributed by atoms with E-state index in [1.165, 1.54) is 0 Å². The summed E-state index contributed by atoms with van der Waals surface area (Å²) in [5.41, 5.74) is 3.10. The Morgan fingerprint density at radius 1 is 1.27 bits per heavy atom. The lowest BCUT2D eigenvalue weighted by Crippen LogP contribution is -2.31. The summed E-state index contributed by atoms with van der Waals surface area (Å²) < 4.78 is 0. The highest BCUT2D eigenvalue weighted by Crippen LogP contribution is 2.32. The molecule has 1 aromatic heterocycles. The molecule has 3 rings (SSSR count). The molecule has 0 aliphatic carbocycles. The van der Waals surface area contributed by atoms with Gasteiger partial charge in [0.1, 0.15) is 0 Å². The lowest BCUT2D eigenvalue weighted by atomic mass is 10.0. The lowest BCUT2D eigenvalue weighted by Gasteiger charge is -2.25. The fraction of sp³-hybridized carbons (Fsp3) is 0.333. The molecular formula is C18H19ClN2O. The van der Waals surface area contributed by atoms with Gasteiger partial charge in [-0.2, -0.15) is 0 Å². The van der Waals surface area contributed by atoms with Gasteiger partial charge in [-0.1, -0.05) is 29.8 Å². The predicted molar refractivity (Wildman–Crippen MR) is 87.8 cm³/mol. The Labute approximate surface area is 135 Å². The number of halogens is 1. The summed E-state index contributed by atoms with van der Waals surface area (Å²) in [5.74, 6) is 0.170. The molecule has 2 aromatic rings. The number of benzene rings is 1. The van der Waals surface area contributed by atoms with Crippen molar-refractivity contribution < 1.29 is 4.79 Å². The molecule has 114 valence electrons. The Bertz CT molecular complexity index is 652. The molecule has 1 aliphatic rings. The van der Waals surface area contributed by atoms with Gasteiger partial charge < -0.3 is 4.90 Å². The van der Waals surface area contributed by atoms with E-state index >= 15 is 0 Å². The van der Waals surface area contributed by atoms with E-state index in [0.29, 0.717) is 6.42 Å². The minimum Gasteiger partial charge on any atom is -0.335 e. The van der Waals surface area contributed by atoms with E-state index in [1.54, 1.807) is 6.20 Å². The lowest BCUT2D eigenvalue weighted by molar-refractivity contribution is -0.131. The molecule has 1 amide bonds. The average molecular weight is 315 g/mol. The number of rotatable bonds is 3. The molecule has 1 atom stereocenters. The number of nitrogens with zero attached hydrogens (tertiary/aromatic N) is 2. The van der Waals surface area contributed by atoms with Gasteiger partial charge in [0.05, 0.1) is 12.5 Å². The van der Waals surface area contributed by atoms with Crippen molar-refractivity contribution in [2.24, 2.45) is 0 Å². The second-order valence-corrected chi connectivity index (χ2v) is 6.22. The van der Waals surface area contributed by atoms with Crippen LogP contribution < -0.4 is 0 Å². The maximum Gasteiger partial charge on any atom is 0.227 e. The molecule has 1 aliphatic heterocycles. The minimum atomic E-state index is 0.170. The van der Waals surface area contributed by atoms with Gasteiger partial charge in [0.2, 0.25) is 5.91 Å². The van der Waals surface area contributed by atoms with Gasteiger partial charge in [-0.3, -0.25) is 9.78 Å². The number of pyridine rings is 1. The zero-order chi connectivity index (χ0) is 15.5. The van der Waals surface area contributed by atoms with Crippen molar-refractivity contribution in [3.63, 3.8) is 0 Å². The van der Waals surface area contributed by atoms with Crippen LogP contribution in [0.5, 0.6) is 0 Å². The molecule has 0 saturated carbocycles. The molecule has 22 heavy (non-hydrogen) atoms. The van der Waals surface area contributed by atoms with Crippen LogP contribution in [0, 0.1) is 6.92 Å². The van der Waals surface area contributed by atoms with Gasteiger partial charge in [0.25, 0.3) is 0 Å². The number of aryl methyl sites for hydroxylation is 1. The third-order valence-corrected chi connectivity index (χ3v) is 4.41. The van der Waals surface area contributed by atoms with Crippen molar-refractivity contribution in [1.82, 2.24) is 9.88 Å². The van der Waals surface area contributed by atoms with E-state index in [0.717, 1.165) is 41.2 Å². The van der Waals surface area contributed by atoms with E-state index in [2.05, 4.69) is 4.98 Å². The van der Waals surface area contributed by atoms with E-state index in [1.807, 2.05) is 48.2 Å². The fourth-order valence-corrected chi connectivity index (χ4v) is 3.10. The molecule has 1 aromatic carbocycles. The van der Waals surface area contributed by atoms with Crippen LogP contribution >= 0.6 is 11.6 Å². The van der Waals surface area contributed by atoms with Gasteiger partial charge in [0, 0.05) is 23.5 Å². The minimum absolute atomic E-state index is 0.170. The maximum absolute atomic E-state index is 12.6. The third kappa shape index (κ3) is 3.30. The Morgan fingerprint density at radius 2 is 2.05 bits per heavy atom. The molecule has 0 N–H and O–H groups in total. The van der Waals surface area contributed by atoms with Gasteiger partial charge in [-0.05, 0) is 49.1 Å². The van der Waals surface area contributed by atoms with Crippen LogP contribution in [0.1, 0.15) is 35.7 Å². The smallest absolute Gasteiger partial charge is 0.227 e. The number of amides is 1. The summed E-state index contributed by atoms with van der Waals surface area (Å²) in [7, 11) is 0. The second kappa shape index (κ2) is 6.49. The van der Waals surface area contributed by atoms with Crippen LogP contribution in [-0.2, 0) is 11.2 Å². The van der Waals surface area contributed by atoms with Crippen molar-refractivity contribution >= 4 is 17.5 Å². The van der Waals surface area contributed by atoms with Gasteiger partial charge >= 0.3 is 0 Å². The molecule has 2 heterocycles. The SMILES string of the molecule is Cc1ccc(CC(=O)N2CCC[C@H]2c2ccc(Cl)cc2)cn1. The van der Waals surface area contributed by atoms with E-state index in [9.17, 15) is 4.79 Å². The number of likely N-dealkylation sites (tertiary alicyclic amines) is 1. The first-order valence-corrected chi connectivity index (χ1v) is 7.98. The summed E-state index contributed by atoms with van der Waals surface area (Å²) in [6.45, 7) is 2.77. The first kappa shape index (κ1) is 15.0. The largest absolute Gasteiger partial charge is 0.335 e. The van der Waals surface area contributed by atoms with Gasteiger partial charge in [-0.15, -0.1) is 0 Å². The molecule has 0 unspecified atom stereocenters. The average Bonchev–Trinajstić information content (AvgIpc) is 3.00. The quantitative estimate of drug-likeness (QED) is 0.859. The first-order valence-electron chi connectivity index (χ1n) is 7.60. The Morgan fingerprint density at radius 3 is 2.73 bits per heavy atom. The Balaban J connectivity index is 1.73. The van der Waals surface area contributed by atoms with Crippen LogP contribution in [0.3, 0.4) is 0 Å². The molecule has 1 fully saturated rings. The topological polar surface area (TPSA) is 33.2 Å². The van der Waals surface area contributed by atoms with Crippen LogP contribution in [0.25, 0.3) is 0 Å². The molecule has 4 heteroatoms. The Kier molecular flexibility index (Phi) is 4.44. The number of carbonyl (C=O) groups excluding carboxylic acids is 1. The molecule has 1 saturated heterocycles. The number of hydrogen-bond acceptors (Lipinski definition) is 2. The molecule has 0 spiro atoms. The molecule has 0 radical (unpaired) electrons. The fourth-order valence-electron chi connectivity index (χ4n) is 2.98. The van der Waals surface area contributed by atoms with Crippen molar-refractivity contribution in [3.8, 4) is 0 Å². The van der Waals surface area contributed by atoms with Crippen molar-refractivity contribution in [1.29, 1.82) is 0 Å². The zero-order valence-corrected chi connectivity index (χ0v) is 13.4. The summed E-state index contributed by atoms with van der Waals surface area (Å²) in [4.78, 5) is 18.9. The summed E-state index contributed by atoms with van der Waals surface area (Å²) >= 11 is 5.95. The van der Waals surface area contributed by atoms with Crippen LogP contribution in [0.2, 0.25) is 5.02 Å². The maximum atomic E-state index is 12.6. The highest BCUT2D eigenvalue weighted by Gasteiger charge is 2.29. The number of aromatic nitrogens is 1. The molecule has 0 bridgehead atoms. The number of hydrogen-bond donors (Lipinski definition) is 0. The van der Waals surface area contributed by atoms with Crippen molar-refractivity contribution in [3.05, 3.63) is 64.4 Å². The summed E-state index contributed by atoms with van der Waals surface area (Å²) in [6.07, 6.45) is 4.27. The Hall–Kier alpha value is -1.87. The van der Waals surface area contributed by atoms with Crippen LogP contribution in [0.15, 0.2) is 42.6 Å². The highest BCUT2D eigenvalue weighted by atomic mass is 35.5. The standard InChI is InChI=1S/C18H19ClN2O/c1-13-4-5-14(12-20-13)11-18(22)21-10-2-3-17(21)15-6-8-16(19)9-7-15/h4-9,12,17H,2-3,10-11H2,1H3/t17-/m0/s1. The zero-order valence-electron chi connectivity index (χ0n) is 12.6. The number of carbonyl (C=O) groups is 1. The normalized spacial score (nSPS) is 17.7. The van der Waals surface area contributed by atoms with E-state index < -0.39 is 0 Å². The molecule has 3 nitrogen and oxygen atoms in total. The predicted octanol–water partition coefficient (Wildman–Crippen LogP) is 3.95. The van der Waals surface area contributed by atoms with Crippen LogP contribution in [-0.4, -0.2) is 22.3 Å². The van der Waals surface area contributed by atoms with E-state index in [4.69, 9.17) is 11.6 Å². The van der Waals surface area contributed by atoms with Gasteiger partial charge in [-0.25, -0.2) is 0 Å². The molecular weight excluding hydrogens is 296 g/mol. The first-order chi connectivity index (χ1) is 10.6.